The van der Waals surface area contributed by atoms with Crippen LogP contribution >= 0.6 is 11.6 Å². The second kappa shape index (κ2) is 5.94. The van der Waals surface area contributed by atoms with E-state index in [4.69, 9.17) is 11.6 Å². The summed E-state index contributed by atoms with van der Waals surface area (Å²) in [5, 5.41) is 23.0. The van der Waals surface area contributed by atoms with Crippen LogP contribution in [0.3, 0.4) is 0 Å². The zero-order valence-electron chi connectivity index (χ0n) is 12.5. The van der Waals surface area contributed by atoms with E-state index >= 15 is 0 Å². The quantitative estimate of drug-likeness (QED) is 0.691. The van der Waals surface area contributed by atoms with E-state index in [9.17, 15) is 15.0 Å². The molecule has 0 amide bonds. The third-order valence-electron chi connectivity index (χ3n) is 4.02. The number of hydrogen-bond acceptors (Lipinski definition) is 3. The van der Waals surface area contributed by atoms with Gasteiger partial charge in [0, 0.05) is 22.4 Å². The van der Waals surface area contributed by atoms with Crippen molar-refractivity contribution in [2.75, 3.05) is 0 Å². The Hall–Kier alpha value is -2.52. The molecular weight excluding hydrogens is 312 g/mol. The summed E-state index contributed by atoms with van der Waals surface area (Å²) < 4.78 is 0. The van der Waals surface area contributed by atoms with Crippen molar-refractivity contribution in [2.24, 2.45) is 0 Å². The first-order chi connectivity index (χ1) is 11.0. The van der Waals surface area contributed by atoms with Gasteiger partial charge in [-0.1, -0.05) is 41.9 Å². The van der Waals surface area contributed by atoms with E-state index in [0.717, 1.165) is 16.3 Å². The van der Waals surface area contributed by atoms with Crippen molar-refractivity contribution < 1.29 is 15.0 Å². The van der Waals surface area contributed by atoms with Crippen molar-refractivity contribution in [3.63, 3.8) is 0 Å². The third kappa shape index (κ3) is 2.76. The predicted octanol–water partition coefficient (Wildman–Crippen LogP) is 4.62. The molecular formula is C19H15ClO3. The van der Waals surface area contributed by atoms with Gasteiger partial charge in [-0.05, 0) is 35.6 Å². The monoisotopic (exact) mass is 326 g/mol. The molecule has 23 heavy (non-hydrogen) atoms. The number of aryl methyl sites for hydroxylation is 1. The van der Waals surface area contributed by atoms with E-state index in [-0.39, 0.29) is 17.1 Å². The molecule has 3 aromatic carbocycles. The highest BCUT2D eigenvalue weighted by atomic mass is 35.5. The number of halogens is 1. The van der Waals surface area contributed by atoms with Crippen LogP contribution in [0, 0.1) is 6.92 Å². The van der Waals surface area contributed by atoms with Crippen molar-refractivity contribution in [2.45, 2.75) is 13.3 Å². The molecule has 0 heterocycles. The number of hydrogen-bond donors (Lipinski definition) is 2. The van der Waals surface area contributed by atoms with Gasteiger partial charge in [0.25, 0.3) is 0 Å². The first-order valence-corrected chi connectivity index (χ1v) is 7.56. The zero-order chi connectivity index (χ0) is 16.6. The number of carbonyl (C=O) groups excluding carboxylic acids is 1. The first-order valence-electron chi connectivity index (χ1n) is 7.18. The molecule has 0 aliphatic heterocycles. The number of benzene rings is 3. The second-order valence-corrected chi connectivity index (χ2v) is 5.95. The maximum absolute atomic E-state index is 11.1. The Labute approximate surface area is 138 Å². The summed E-state index contributed by atoms with van der Waals surface area (Å²) in [7, 11) is 0. The number of aromatic hydroxyl groups is 2. The normalized spacial score (nSPS) is 10.9. The Bertz CT molecular complexity index is 916. The highest BCUT2D eigenvalue weighted by Crippen LogP contribution is 2.35. The van der Waals surface area contributed by atoms with Crippen LogP contribution in [0.2, 0.25) is 5.02 Å². The molecule has 2 N–H and O–H groups in total. The third-order valence-corrected chi connectivity index (χ3v) is 4.35. The van der Waals surface area contributed by atoms with Gasteiger partial charge in [0.05, 0.1) is 5.56 Å². The number of phenolic OH excluding ortho intramolecular Hbond substituents is 2. The minimum atomic E-state index is -0.163. The fourth-order valence-corrected chi connectivity index (χ4v) is 3.02. The van der Waals surface area contributed by atoms with E-state index in [1.807, 2.05) is 36.4 Å². The highest BCUT2D eigenvalue weighted by molar-refractivity contribution is 6.35. The molecule has 0 spiro atoms. The summed E-state index contributed by atoms with van der Waals surface area (Å²) >= 11 is 6.16. The van der Waals surface area contributed by atoms with Gasteiger partial charge >= 0.3 is 0 Å². The van der Waals surface area contributed by atoms with Crippen molar-refractivity contribution >= 4 is 28.7 Å². The number of carbonyl (C=O) groups is 1. The molecule has 116 valence electrons. The molecule has 3 aromatic rings. The van der Waals surface area contributed by atoms with Crippen LogP contribution in [0.4, 0.5) is 0 Å². The number of aldehydes is 1. The van der Waals surface area contributed by atoms with Gasteiger partial charge in [-0.25, -0.2) is 0 Å². The highest BCUT2D eigenvalue weighted by Gasteiger charge is 2.15. The minimum absolute atomic E-state index is 0.0169. The molecule has 3 rings (SSSR count). The molecule has 0 aromatic heterocycles. The van der Waals surface area contributed by atoms with Gasteiger partial charge in [-0.15, -0.1) is 0 Å². The summed E-state index contributed by atoms with van der Waals surface area (Å²) in [5.41, 5.74) is 2.01. The fraction of sp³-hybridized carbons (Fsp3) is 0.105. The van der Waals surface area contributed by atoms with Gasteiger partial charge in [0.15, 0.2) is 6.29 Å². The Morgan fingerprint density at radius 2 is 1.91 bits per heavy atom. The number of phenols is 2. The summed E-state index contributed by atoms with van der Waals surface area (Å²) in [6, 6.07) is 12.9. The molecule has 0 saturated carbocycles. The van der Waals surface area contributed by atoms with Crippen LogP contribution in [0.5, 0.6) is 11.5 Å². The number of fused-ring (bicyclic) bond motifs is 1. The Balaban J connectivity index is 2.07. The molecule has 0 aliphatic carbocycles. The molecule has 0 saturated heterocycles. The summed E-state index contributed by atoms with van der Waals surface area (Å²) in [4.78, 5) is 11.1. The Morgan fingerprint density at radius 3 is 2.65 bits per heavy atom. The Kier molecular flexibility index (Phi) is 3.97. The van der Waals surface area contributed by atoms with Gasteiger partial charge in [-0.2, -0.15) is 0 Å². The second-order valence-electron chi connectivity index (χ2n) is 5.54. The van der Waals surface area contributed by atoms with E-state index in [0.29, 0.717) is 28.9 Å². The topological polar surface area (TPSA) is 57.5 Å². The van der Waals surface area contributed by atoms with Crippen molar-refractivity contribution in [1.29, 1.82) is 0 Å². The molecule has 0 aliphatic rings. The van der Waals surface area contributed by atoms with Crippen LogP contribution in [-0.2, 0) is 6.42 Å². The van der Waals surface area contributed by atoms with E-state index < -0.39 is 0 Å². The van der Waals surface area contributed by atoms with E-state index in [1.165, 1.54) is 6.07 Å². The van der Waals surface area contributed by atoms with Crippen LogP contribution in [0.25, 0.3) is 10.8 Å². The lowest BCUT2D eigenvalue weighted by Gasteiger charge is -2.12. The number of rotatable bonds is 3. The molecule has 0 fully saturated rings. The SMILES string of the molecule is Cc1cc(O)c(Cc2ccc3c(Cl)cccc3c2)c(O)c1C=O. The van der Waals surface area contributed by atoms with Crippen molar-refractivity contribution in [3.05, 3.63) is 69.7 Å². The van der Waals surface area contributed by atoms with E-state index in [1.54, 1.807) is 6.92 Å². The van der Waals surface area contributed by atoms with E-state index in [2.05, 4.69) is 0 Å². The average molecular weight is 327 g/mol. The molecule has 4 heteroatoms. The minimum Gasteiger partial charge on any atom is -0.508 e. The summed E-state index contributed by atoms with van der Waals surface area (Å²) in [6.45, 7) is 1.67. The van der Waals surface area contributed by atoms with Crippen LogP contribution in [0.15, 0.2) is 42.5 Å². The standard InChI is InChI=1S/C19H15ClO3/c1-11-7-18(22)15(19(23)16(11)10-21)9-12-5-6-14-13(8-12)3-2-4-17(14)20/h2-8,10,22-23H,9H2,1H3. The smallest absolute Gasteiger partial charge is 0.154 e. The zero-order valence-corrected chi connectivity index (χ0v) is 13.3. The Morgan fingerprint density at radius 1 is 1.13 bits per heavy atom. The lowest BCUT2D eigenvalue weighted by molar-refractivity contribution is 0.112. The first kappa shape index (κ1) is 15.4. The average Bonchev–Trinajstić information content (AvgIpc) is 2.52. The molecule has 0 unspecified atom stereocenters. The predicted molar refractivity (Wildman–Crippen MR) is 91.7 cm³/mol. The summed E-state index contributed by atoms with van der Waals surface area (Å²) in [6.07, 6.45) is 0.926. The van der Waals surface area contributed by atoms with Crippen molar-refractivity contribution in [1.82, 2.24) is 0 Å². The lowest BCUT2D eigenvalue weighted by atomic mass is 9.96. The molecule has 0 radical (unpaired) electrons. The molecule has 0 atom stereocenters. The van der Waals surface area contributed by atoms with Gasteiger partial charge < -0.3 is 10.2 Å². The van der Waals surface area contributed by atoms with Gasteiger partial charge in [0.1, 0.15) is 11.5 Å². The fourth-order valence-electron chi connectivity index (χ4n) is 2.77. The van der Waals surface area contributed by atoms with Crippen LogP contribution in [-0.4, -0.2) is 16.5 Å². The maximum atomic E-state index is 11.1. The lowest BCUT2D eigenvalue weighted by Crippen LogP contribution is -1.96. The van der Waals surface area contributed by atoms with Crippen LogP contribution in [0.1, 0.15) is 27.0 Å². The van der Waals surface area contributed by atoms with Gasteiger partial charge in [0.2, 0.25) is 0 Å². The molecule has 0 bridgehead atoms. The largest absolute Gasteiger partial charge is 0.508 e. The van der Waals surface area contributed by atoms with Gasteiger partial charge in [-0.3, -0.25) is 4.79 Å². The van der Waals surface area contributed by atoms with Crippen LogP contribution < -0.4 is 0 Å². The summed E-state index contributed by atoms with van der Waals surface area (Å²) in [5.74, 6) is -0.180. The molecule has 3 nitrogen and oxygen atoms in total. The van der Waals surface area contributed by atoms with Crippen molar-refractivity contribution in [3.8, 4) is 11.5 Å². The maximum Gasteiger partial charge on any atom is 0.154 e.